The third-order valence-corrected chi connectivity index (χ3v) is 3.64. The van der Waals surface area contributed by atoms with E-state index < -0.39 is 17.8 Å². The standard InChI is InChI=1S/C17H16BrFN2O3/c1-11(24-15-5-3-2-4-14(15)19)17(23)21-20-16(22)10-12-6-8-13(18)9-7-12/h2-9,11H,10H2,1H3,(H,20,22)(H,21,23)/t11-/m1/s1. The van der Waals surface area contributed by atoms with Crippen LogP contribution in [-0.2, 0) is 16.0 Å². The second-order valence-corrected chi connectivity index (χ2v) is 5.95. The molecule has 24 heavy (non-hydrogen) atoms. The Hall–Kier alpha value is -2.41. The number of hydrogen-bond acceptors (Lipinski definition) is 3. The Labute approximate surface area is 147 Å². The first-order chi connectivity index (χ1) is 11.5. The number of halogens is 2. The number of para-hydroxylation sites is 1. The van der Waals surface area contributed by atoms with Crippen LogP contribution in [0.1, 0.15) is 12.5 Å². The zero-order chi connectivity index (χ0) is 17.5. The second-order valence-electron chi connectivity index (χ2n) is 5.03. The SMILES string of the molecule is C[C@@H](Oc1ccccc1F)C(=O)NNC(=O)Cc1ccc(Br)cc1. The fourth-order valence-corrected chi connectivity index (χ4v) is 2.11. The molecule has 1 atom stereocenters. The number of hydrogen-bond donors (Lipinski definition) is 2. The van der Waals surface area contributed by atoms with E-state index in [1.807, 2.05) is 12.1 Å². The summed E-state index contributed by atoms with van der Waals surface area (Å²) in [5.41, 5.74) is 5.37. The topological polar surface area (TPSA) is 67.4 Å². The molecule has 5 nitrogen and oxygen atoms in total. The lowest BCUT2D eigenvalue weighted by Crippen LogP contribution is -2.47. The molecule has 0 saturated heterocycles. The minimum atomic E-state index is -0.963. The van der Waals surface area contributed by atoms with Crippen molar-refractivity contribution < 1.29 is 18.7 Å². The highest BCUT2D eigenvalue weighted by Gasteiger charge is 2.17. The van der Waals surface area contributed by atoms with Crippen molar-refractivity contribution in [3.8, 4) is 5.75 Å². The molecule has 7 heteroatoms. The number of rotatable bonds is 5. The Bertz CT molecular complexity index is 722. The smallest absolute Gasteiger partial charge is 0.279 e. The third-order valence-electron chi connectivity index (χ3n) is 3.11. The van der Waals surface area contributed by atoms with E-state index in [0.29, 0.717) is 0 Å². The summed E-state index contributed by atoms with van der Waals surface area (Å²) in [6.07, 6.45) is -0.842. The summed E-state index contributed by atoms with van der Waals surface area (Å²) in [5, 5.41) is 0. The lowest BCUT2D eigenvalue weighted by atomic mass is 10.1. The highest BCUT2D eigenvalue weighted by Crippen LogP contribution is 2.16. The molecule has 0 bridgehead atoms. The number of benzene rings is 2. The molecule has 0 saturated carbocycles. The summed E-state index contributed by atoms with van der Waals surface area (Å²) in [4.78, 5) is 23.7. The monoisotopic (exact) mass is 394 g/mol. The predicted molar refractivity (Wildman–Crippen MR) is 90.6 cm³/mol. The van der Waals surface area contributed by atoms with Crippen LogP contribution in [0.3, 0.4) is 0 Å². The average molecular weight is 395 g/mol. The Kier molecular flexibility index (Phi) is 6.31. The van der Waals surface area contributed by atoms with Crippen molar-refractivity contribution in [3.63, 3.8) is 0 Å². The van der Waals surface area contributed by atoms with Gasteiger partial charge in [0.2, 0.25) is 5.91 Å². The molecule has 0 radical (unpaired) electrons. The molecule has 2 rings (SSSR count). The summed E-state index contributed by atoms with van der Waals surface area (Å²) in [7, 11) is 0. The van der Waals surface area contributed by atoms with E-state index in [4.69, 9.17) is 4.74 Å². The van der Waals surface area contributed by atoms with Crippen molar-refractivity contribution >= 4 is 27.7 Å². The molecule has 0 aliphatic carbocycles. The molecule has 0 heterocycles. The average Bonchev–Trinajstić information content (AvgIpc) is 2.56. The predicted octanol–water partition coefficient (Wildman–Crippen LogP) is 2.75. The van der Waals surface area contributed by atoms with Gasteiger partial charge in [-0.1, -0.05) is 40.2 Å². The Morgan fingerprint density at radius 3 is 2.46 bits per heavy atom. The molecule has 0 fully saturated rings. The van der Waals surface area contributed by atoms with E-state index in [-0.39, 0.29) is 18.1 Å². The van der Waals surface area contributed by atoms with Crippen LogP contribution in [0.2, 0.25) is 0 Å². The maximum Gasteiger partial charge on any atom is 0.279 e. The van der Waals surface area contributed by atoms with Gasteiger partial charge in [0.05, 0.1) is 6.42 Å². The van der Waals surface area contributed by atoms with E-state index in [0.717, 1.165) is 10.0 Å². The van der Waals surface area contributed by atoms with Gasteiger partial charge in [-0.25, -0.2) is 4.39 Å². The largest absolute Gasteiger partial charge is 0.478 e. The maximum absolute atomic E-state index is 13.5. The van der Waals surface area contributed by atoms with Gasteiger partial charge < -0.3 is 4.74 Å². The Balaban J connectivity index is 1.80. The first-order valence-electron chi connectivity index (χ1n) is 7.20. The molecule has 0 aliphatic rings. The van der Waals surface area contributed by atoms with E-state index in [1.54, 1.807) is 18.2 Å². The number of nitrogens with one attached hydrogen (secondary N) is 2. The summed E-state index contributed by atoms with van der Waals surface area (Å²) in [6, 6.07) is 13.0. The number of amides is 2. The van der Waals surface area contributed by atoms with Gasteiger partial charge in [-0.3, -0.25) is 20.4 Å². The molecular formula is C17H16BrFN2O3. The highest BCUT2D eigenvalue weighted by molar-refractivity contribution is 9.10. The Morgan fingerprint density at radius 1 is 1.12 bits per heavy atom. The molecule has 2 amide bonds. The van der Waals surface area contributed by atoms with Crippen molar-refractivity contribution in [2.45, 2.75) is 19.4 Å². The minimum Gasteiger partial charge on any atom is -0.478 e. The normalized spacial score (nSPS) is 11.5. The lowest BCUT2D eigenvalue weighted by molar-refractivity contribution is -0.132. The highest BCUT2D eigenvalue weighted by atomic mass is 79.9. The molecule has 2 aromatic carbocycles. The number of carbonyl (C=O) groups excluding carboxylic acids is 2. The third kappa shape index (κ3) is 5.34. The van der Waals surface area contributed by atoms with Crippen LogP contribution in [0, 0.1) is 5.82 Å². The van der Waals surface area contributed by atoms with Crippen LogP contribution in [0.15, 0.2) is 53.0 Å². The fraction of sp³-hybridized carbons (Fsp3) is 0.176. The van der Waals surface area contributed by atoms with Crippen LogP contribution >= 0.6 is 15.9 Å². The van der Waals surface area contributed by atoms with Gasteiger partial charge in [0.15, 0.2) is 17.7 Å². The first-order valence-corrected chi connectivity index (χ1v) is 7.99. The second kappa shape index (κ2) is 8.44. The van der Waals surface area contributed by atoms with Crippen LogP contribution in [0.4, 0.5) is 4.39 Å². The van der Waals surface area contributed by atoms with Crippen LogP contribution < -0.4 is 15.6 Å². The van der Waals surface area contributed by atoms with Gasteiger partial charge >= 0.3 is 0 Å². The van der Waals surface area contributed by atoms with Crippen molar-refractivity contribution in [3.05, 3.63) is 64.4 Å². The van der Waals surface area contributed by atoms with Gasteiger partial charge in [0, 0.05) is 4.47 Å². The summed E-state index contributed by atoms with van der Waals surface area (Å²) in [5.74, 6) is -1.54. The number of hydrazine groups is 1. The molecule has 0 spiro atoms. The van der Waals surface area contributed by atoms with Gasteiger partial charge in [0.25, 0.3) is 5.91 Å². The molecule has 126 valence electrons. The summed E-state index contributed by atoms with van der Waals surface area (Å²) in [6.45, 7) is 1.46. The van der Waals surface area contributed by atoms with Gasteiger partial charge in [-0.2, -0.15) is 0 Å². The van der Waals surface area contributed by atoms with Gasteiger partial charge in [0.1, 0.15) is 0 Å². The minimum absolute atomic E-state index is 0.0265. The van der Waals surface area contributed by atoms with Crippen LogP contribution in [0.25, 0.3) is 0 Å². The molecule has 2 N–H and O–H groups in total. The quantitative estimate of drug-likeness (QED) is 0.766. The van der Waals surface area contributed by atoms with E-state index in [1.165, 1.54) is 25.1 Å². The van der Waals surface area contributed by atoms with Crippen molar-refractivity contribution in [1.82, 2.24) is 10.9 Å². The van der Waals surface area contributed by atoms with E-state index >= 15 is 0 Å². The van der Waals surface area contributed by atoms with Crippen LogP contribution in [-0.4, -0.2) is 17.9 Å². The molecule has 0 aromatic heterocycles. The molecule has 0 unspecified atom stereocenters. The van der Waals surface area contributed by atoms with Crippen LogP contribution in [0.5, 0.6) is 5.75 Å². The van der Waals surface area contributed by atoms with Crippen molar-refractivity contribution in [1.29, 1.82) is 0 Å². The maximum atomic E-state index is 13.5. The Morgan fingerprint density at radius 2 is 1.79 bits per heavy atom. The van der Waals surface area contributed by atoms with E-state index in [2.05, 4.69) is 26.8 Å². The van der Waals surface area contributed by atoms with Gasteiger partial charge in [-0.15, -0.1) is 0 Å². The molecule has 2 aromatic rings. The fourth-order valence-electron chi connectivity index (χ4n) is 1.85. The number of carbonyl (C=O) groups is 2. The zero-order valence-corrected chi connectivity index (χ0v) is 14.5. The molecule has 0 aliphatic heterocycles. The number of ether oxygens (including phenoxy) is 1. The summed E-state index contributed by atoms with van der Waals surface area (Å²) >= 11 is 3.31. The first kappa shape index (κ1) is 17.9. The van der Waals surface area contributed by atoms with Crippen molar-refractivity contribution in [2.75, 3.05) is 0 Å². The lowest BCUT2D eigenvalue weighted by Gasteiger charge is -2.15. The van der Waals surface area contributed by atoms with E-state index in [9.17, 15) is 14.0 Å². The molecular weight excluding hydrogens is 379 g/mol. The zero-order valence-electron chi connectivity index (χ0n) is 12.9. The van der Waals surface area contributed by atoms with Crippen molar-refractivity contribution in [2.24, 2.45) is 0 Å². The van der Waals surface area contributed by atoms with Gasteiger partial charge in [-0.05, 0) is 36.8 Å². The summed E-state index contributed by atoms with van der Waals surface area (Å²) < 4.78 is 19.6.